The van der Waals surface area contributed by atoms with Crippen molar-refractivity contribution in [3.63, 3.8) is 0 Å². The number of piperidine rings is 2. The molecule has 2 fully saturated rings. The zero-order valence-electron chi connectivity index (χ0n) is 12.9. The Balaban J connectivity index is 1.77. The van der Waals surface area contributed by atoms with E-state index in [9.17, 15) is 0 Å². The fourth-order valence-electron chi connectivity index (χ4n) is 3.54. The number of likely N-dealkylation sites (tertiary alicyclic amines) is 2. The molecule has 0 radical (unpaired) electrons. The second kappa shape index (κ2) is 6.38. The number of nitrogens with zero attached hydrogens (tertiary/aromatic N) is 2. The van der Waals surface area contributed by atoms with E-state index < -0.39 is 0 Å². The van der Waals surface area contributed by atoms with Crippen LogP contribution in [0.5, 0.6) is 0 Å². The molecule has 2 aliphatic heterocycles. The van der Waals surface area contributed by atoms with Crippen LogP contribution in [0.25, 0.3) is 0 Å². The summed E-state index contributed by atoms with van der Waals surface area (Å²) < 4.78 is 0. The molecule has 2 heteroatoms. The zero-order valence-corrected chi connectivity index (χ0v) is 12.9. The van der Waals surface area contributed by atoms with Crippen molar-refractivity contribution in [3.8, 4) is 0 Å². The summed E-state index contributed by atoms with van der Waals surface area (Å²) >= 11 is 0. The Hall–Kier alpha value is -0.0800. The summed E-state index contributed by atoms with van der Waals surface area (Å²) in [4.78, 5) is 5.38. The quantitative estimate of drug-likeness (QED) is 0.761. The van der Waals surface area contributed by atoms with E-state index in [2.05, 4.69) is 37.5 Å². The van der Waals surface area contributed by atoms with Gasteiger partial charge in [-0.25, -0.2) is 0 Å². The predicted molar refractivity (Wildman–Crippen MR) is 78.8 cm³/mol. The molecule has 0 amide bonds. The molecule has 2 aliphatic rings. The smallest absolute Gasteiger partial charge is 0.00387 e. The molecular weight excluding hydrogens is 220 g/mol. The Bertz CT molecular complexity index is 243. The lowest BCUT2D eigenvalue weighted by atomic mass is 9.85. The van der Waals surface area contributed by atoms with Gasteiger partial charge in [0.2, 0.25) is 0 Å². The summed E-state index contributed by atoms with van der Waals surface area (Å²) in [6.07, 6.45) is 4.24. The van der Waals surface area contributed by atoms with Gasteiger partial charge in [0.05, 0.1) is 0 Å². The van der Waals surface area contributed by atoms with Gasteiger partial charge in [-0.05, 0) is 70.5 Å². The lowest BCUT2D eigenvalue weighted by molar-refractivity contribution is 0.0680. The first-order chi connectivity index (χ1) is 8.56. The molecule has 0 aromatic carbocycles. The first-order valence-electron chi connectivity index (χ1n) is 8.02. The van der Waals surface area contributed by atoms with Crippen molar-refractivity contribution >= 4 is 0 Å². The van der Waals surface area contributed by atoms with E-state index >= 15 is 0 Å². The maximum absolute atomic E-state index is 2.73. The van der Waals surface area contributed by atoms with E-state index in [1.807, 2.05) is 0 Å². The van der Waals surface area contributed by atoms with Crippen LogP contribution < -0.4 is 0 Å². The van der Waals surface area contributed by atoms with Crippen LogP contribution in [0.4, 0.5) is 0 Å². The van der Waals surface area contributed by atoms with E-state index in [4.69, 9.17) is 0 Å². The highest BCUT2D eigenvalue weighted by Crippen LogP contribution is 2.27. The summed E-state index contributed by atoms with van der Waals surface area (Å²) in [5, 5.41) is 0. The third-order valence-corrected chi connectivity index (χ3v) is 5.21. The Kier molecular flexibility index (Phi) is 5.08. The van der Waals surface area contributed by atoms with E-state index in [0.29, 0.717) is 0 Å². The summed E-state index contributed by atoms with van der Waals surface area (Å²) in [6, 6.07) is 0.726. The van der Waals surface area contributed by atoms with Crippen molar-refractivity contribution in [2.45, 2.75) is 53.0 Å². The van der Waals surface area contributed by atoms with E-state index in [-0.39, 0.29) is 0 Å². The van der Waals surface area contributed by atoms with Crippen molar-refractivity contribution in [2.24, 2.45) is 17.8 Å². The number of hydrogen-bond donors (Lipinski definition) is 0. The summed E-state index contributed by atoms with van der Waals surface area (Å²) in [5.74, 6) is 2.77. The normalized spacial score (nSPS) is 33.2. The molecular formula is C16H32N2. The van der Waals surface area contributed by atoms with Gasteiger partial charge in [0, 0.05) is 19.1 Å². The molecule has 0 bridgehead atoms. The van der Waals surface area contributed by atoms with Gasteiger partial charge in [-0.1, -0.05) is 13.8 Å². The highest BCUT2D eigenvalue weighted by molar-refractivity contribution is 4.82. The molecule has 0 unspecified atom stereocenters. The van der Waals surface area contributed by atoms with E-state index in [1.54, 1.807) is 0 Å². The highest BCUT2D eigenvalue weighted by Gasteiger charge is 2.29. The Morgan fingerprint density at radius 3 is 2.22 bits per heavy atom. The van der Waals surface area contributed by atoms with Crippen molar-refractivity contribution in [1.82, 2.24) is 9.80 Å². The minimum absolute atomic E-state index is 0.726. The van der Waals surface area contributed by atoms with Crippen LogP contribution in [0.3, 0.4) is 0 Å². The minimum Gasteiger partial charge on any atom is -0.303 e. The Morgan fingerprint density at radius 2 is 1.67 bits per heavy atom. The van der Waals surface area contributed by atoms with Gasteiger partial charge < -0.3 is 9.80 Å². The van der Waals surface area contributed by atoms with Crippen molar-refractivity contribution in [1.29, 1.82) is 0 Å². The first-order valence-corrected chi connectivity index (χ1v) is 8.02. The molecule has 2 atom stereocenters. The molecule has 0 spiro atoms. The van der Waals surface area contributed by atoms with Crippen molar-refractivity contribution in [2.75, 3.05) is 32.7 Å². The van der Waals surface area contributed by atoms with Crippen LogP contribution in [-0.4, -0.2) is 48.6 Å². The van der Waals surface area contributed by atoms with E-state index in [1.165, 1.54) is 52.0 Å². The molecule has 0 aromatic rings. The van der Waals surface area contributed by atoms with Gasteiger partial charge in [-0.2, -0.15) is 0 Å². The third-order valence-electron chi connectivity index (χ3n) is 5.21. The van der Waals surface area contributed by atoms with Gasteiger partial charge >= 0.3 is 0 Å². The molecule has 0 saturated carbocycles. The van der Waals surface area contributed by atoms with Crippen LogP contribution >= 0.6 is 0 Å². The molecule has 2 rings (SSSR count). The topological polar surface area (TPSA) is 6.48 Å². The summed E-state index contributed by atoms with van der Waals surface area (Å²) in [7, 11) is 0. The molecule has 18 heavy (non-hydrogen) atoms. The SMILES string of the molecule is CC1CCN(C[C@H]2CCN(C(C)C)C[C@@H]2C)CC1. The number of rotatable bonds is 3. The van der Waals surface area contributed by atoms with Crippen LogP contribution in [0, 0.1) is 17.8 Å². The molecule has 0 aliphatic carbocycles. The standard InChI is InChI=1S/C16H32N2/c1-13(2)18-10-7-16(15(4)11-18)12-17-8-5-14(3)6-9-17/h13-16H,5-12H2,1-4H3/t15-,16+/m0/s1. The molecule has 0 aromatic heterocycles. The maximum Gasteiger partial charge on any atom is 0.00387 e. The van der Waals surface area contributed by atoms with Crippen LogP contribution in [-0.2, 0) is 0 Å². The van der Waals surface area contributed by atoms with Crippen molar-refractivity contribution < 1.29 is 0 Å². The van der Waals surface area contributed by atoms with Gasteiger partial charge in [0.25, 0.3) is 0 Å². The minimum atomic E-state index is 0.726. The fraction of sp³-hybridized carbons (Fsp3) is 1.00. The number of hydrogen-bond acceptors (Lipinski definition) is 2. The predicted octanol–water partition coefficient (Wildman–Crippen LogP) is 3.08. The molecule has 0 N–H and O–H groups in total. The average Bonchev–Trinajstić information content (AvgIpc) is 2.34. The van der Waals surface area contributed by atoms with E-state index in [0.717, 1.165) is 23.8 Å². The second-order valence-corrected chi connectivity index (χ2v) is 7.10. The van der Waals surface area contributed by atoms with Crippen molar-refractivity contribution in [3.05, 3.63) is 0 Å². The Labute approximate surface area is 114 Å². The fourth-order valence-corrected chi connectivity index (χ4v) is 3.54. The highest BCUT2D eigenvalue weighted by atomic mass is 15.2. The molecule has 2 nitrogen and oxygen atoms in total. The lowest BCUT2D eigenvalue weighted by Gasteiger charge is -2.42. The monoisotopic (exact) mass is 252 g/mol. The first kappa shape index (κ1) is 14.3. The lowest BCUT2D eigenvalue weighted by Crippen LogP contribution is -2.47. The molecule has 2 heterocycles. The van der Waals surface area contributed by atoms with Crippen LogP contribution in [0.2, 0.25) is 0 Å². The molecule has 106 valence electrons. The van der Waals surface area contributed by atoms with Gasteiger partial charge in [0.15, 0.2) is 0 Å². The Morgan fingerprint density at radius 1 is 1.00 bits per heavy atom. The van der Waals surface area contributed by atoms with Gasteiger partial charge in [-0.3, -0.25) is 0 Å². The van der Waals surface area contributed by atoms with Crippen LogP contribution in [0.15, 0.2) is 0 Å². The van der Waals surface area contributed by atoms with Gasteiger partial charge in [0.1, 0.15) is 0 Å². The third kappa shape index (κ3) is 3.71. The zero-order chi connectivity index (χ0) is 13.1. The van der Waals surface area contributed by atoms with Crippen LogP contribution in [0.1, 0.15) is 47.0 Å². The second-order valence-electron chi connectivity index (χ2n) is 7.10. The molecule has 2 saturated heterocycles. The van der Waals surface area contributed by atoms with Gasteiger partial charge in [-0.15, -0.1) is 0 Å². The summed E-state index contributed by atoms with van der Waals surface area (Å²) in [5.41, 5.74) is 0. The maximum atomic E-state index is 2.73. The summed E-state index contributed by atoms with van der Waals surface area (Å²) in [6.45, 7) is 16.2. The average molecular weight is 252 g/mol. The largest absolute Gasteiger partial charge is 0.303 e.